The van der Waals surface area contributed by atoms with E-state index >= 15 is 0 Å². The molecule has 0 bridgehead atoms. The third kappa shape index (κ3) is 3.85. The highest BCUT2D eigenvalue weighted by molar-refractivity contribution is 7.99. The zero-order valence-corrected chi connectivity index (χ0v) is 17.9. The van der Waals surface area contributed by atoms with Crippen molar-refractivity contribution in [3.8, 4) is 11.8 Å². The minimum atomic E-state index is -0.157. The Morgan fingerprint density at radius 2 is 2.00 bits per heavy atom. The summed E-state index contributed by atoms with van der Waals surface area (Å²) in [6.45, 7) is 3.98. The van der Waals surface area contributed by atoms with Gasteiger partial charge >= 0.3 is 0 Å². The molecule has 1 saturated carbocycles. The van der Waals surface area contributed by atoms with Gasteiger partial charge in [-0.05, 0) is 44.4 Å². The molecular weight excluding hydrogens is 396 g/mol. The maximum atomic E-state index is 12.8. The number of carbonyl (C=O) groups excluding carboxylic acids is 1. The minimum absolute atomic E-state index is 0.157. The number of carbonyl (C=O) groups is 1. The van der Waals surface area contributed by atoms with E-state index in [2.05, 4.69) is 26.2 Å². The lowest BCUT2D eigenvalue weighted by atomic mass is 10.2. The monoisotopic (exact) mass is 420 g/mol. The van der Waals surface area contributed by atoms with E-state index in [0.29, 0.717) is 22.6 Å². The third-order valence-electron chi connectivity index (χ3n) is 5.70. The average Bonchev–Trinajstić information content (AvgIpc) is 3.49. The van der Waals surface area contributed by atoms with E-state index in [0.717, 1.165) is 29.8 Å². The standard InChI is InChI=1S/C22H24N6OS/c1-15-16(2)28(18-10-6-7-11-18)21(19(15)12-23)25-20(29)13-30-22-26-24-14-27(22)17-8-4-3-5-9-17/h3-5,8-9,14,18H,6-7,10-11,13H2,1-2H3,(H,25,29). The van der Waals surface area contributed by atoms with Crippen LogP contribution in [0.5, 0.6) is 0 Å². The fourth-order valence-electron chi connectivity index (χ4n) is 4.09. The largest absolute Gasteiger partial charge is 0.327 e. The van der Waals surface area contributed by atoms with Gasteiger partial charge < -0.3 is 9.88 Å². The Morgan fingerprint density at radius 1 is 1.27 bits per heavy atom. The average molecular weight is 421 g/mol. The SMILES string of the molecule is Cc1c(C#N)c(NC(=O)CSc2nncn2-c2ccccc2)n(C2CCCC2)c1C. The van der Waals surface area contributed by atoms with Crippen LogP contribution in [0.1, 0.15) is 48.5 Å². The Balaban J connectivity index is 1.51. The van der Waals surface area contributed by atoms with Crippen molar-refractivity contribution >= 4 is 23.5 Å². The zero-order valence-electron chi connectivity index (χ0n) is 17.1. The van der Waals surface area contributed by atoms with Crippen molar-refractivity contribution in [2.75, 3.05) is 11.1 Å². The quantitative estimate of drug-likeness (QED) is 0.597. The second-order valence-corrected chi connectivity index (χ2v) is 8.45. The predicted molar refractivity (Wildman–Crippen MR) is 117 cm³/mol. The number of para-hydroxylation sites is 1. The summed E-state index contributed by atoms with van der Waals surface area (Å²) in [7, 11) is 0. The summed E-state index contributed by atoms with van der Waals surface area (Å²) in [6.07, 6.45) is 6.17. The van der Waals surface area contributed by atoms with Crippen molar-refractivity contribution in [1.29, 1.82) is 5.26 Å². The van der Waals surface area contributed by atoms with Gasteiger partial charge in [-0.1, -0.05) is 42.8 Å². The normalized spacial score (nSPS) is 14.0. The molecule has 0 spiro atoms. The summed E-state index contributed by atoms with van der Waals surface area (Å²) in [5, 5.41) is 21.5. The van der Waals surface area contributed by atoms with Crippen LogP contribution in [0.25, 0.3) is 5.69 Å². The predicted octanol–water partition coefficient (Wildman–Crippen LogP) is 4.40. The number of amides is 1. The number of anilines is 1. The van der Waals surface area contributed by atoms with Gasteiger partial charge in [0.2, 0.25) is 5.91 Å². The number of hydrogen-bond donors (Lipinski definition) is 1. The lowest BCUT2D eigenvalue weighted by Crippen LogP contribution is -2.20. The van der Waals surface area contributed by atoms with Crippen LogP contribution in [0.4, 0.5) is 5.82 Å². The lowest BCUT2D eigenvalue weighted by molar-refractivity contribution is -0.113. The van der Waals surface area contributed by atoms with Crippen LogP contribution in [0, 0.1) is 25.2 Å². The van der Waals surface area contributed by atoms with Crippen molar-refractivity contribution in [2.45, 2.75) is 50.7 Å². The van der Waals surface area contributed by atoms with Gasteiger partial charge in [0.1, 0.15) is 18.2 Å². The first kappa shape index (κ1) is 20.2. The summed E-state index contributed by atoms with van der Waals surface area (Å²) < 4.78 is 4.02. The molecule has 1 aliphatic rings. The second-order valence-electron chi connectivity index (χ2n) is 7.51. The van der Waals surface area contributed by atoms with Crippen LogP contribution in [0.15, 0.2) is 41.8 Å². The number of benzene rings is 1. The van der Waals surface area contributed by atoms with E-state index in [4.69, 9.17) is 0 Å². The van der Waals surface area contributed by atoms with E-state index in [-0.39, 0.29) is 11.7 Å². The molecule has 0 unspecified atom stereocenters. The molecule has 7 nitrogen and oxygen atoms in total. The van der Waals surface area contributed by atoms with Gasteiger partial charge in [0.05, 0.1) is 11.3 Å². The summed E-state index contributed by atoms with van der Waals surface area (Å²) >= 11 is 1.32. The Kier molecular flexibility index (Phi) is 5.91. The molecule has 30 heavy (non-hydrogen) atoms. The molecular formula is C22H24N6OS. The van der Waals surface area contributed by atoms with Crippen LogP contribution in [-0.2, 0) is 4.79 Å². The number of nitriles is 1. The van der Waals surface area contributed by atoms with E-state index in [1.807, 2.05) is 48.7 Å². The van der Waals surface area contributed by atoms with Gasteiger partial charge in [-0.2, -0.15) is 5.26 Å². The number of nitrogens with zero attached hydrogens (tertiary/aromatic N) is 5. The molecule has 0 aliphatic heterocycles. The first-order valence-electron chi connectivity index (χ1n) is 10.1. The summed E-state index contributed by atoms with van der Waals surface area (Å²) in [5.74, 6) is 0.662. The zero-order chi connectivity index (χ0) is 21.1. The van der Waals surface area contributed by atoms with E-state index in [9.17, 15) is 10.1 Å². The van der Waals surface area contributed by atoms with Gasteiger partial charge in [0.25, 0.3) is 0 Å². The van der Waals surface area contributed by atoms with Crippen molar-refractivity contribution in [1.82, 2.24) is 19.3 Å². The number of hydrogen-bond acceptors (Lipinski definition) is 5. The van der Waals surface area contributed by atoms with Gasteiger partial charge in [-0.15, -0.1) is 10.2 Å². The highest BCUT2D eigenvalue weighted by Gasteiger charge is 2.26. The third-order valence-corrected chi connectivity index (χ3v) is 6.64. The van der Waals surface area contributed by atoms with Gasteiger partial charge in [0, 0.05) is 17.4 Å². The van der Waals surface area contributed by atoms with Crippen molar-refractivity contribution in [2.24, 2.45) is 0 Å². The molecule has 0 saturated heterocycles. The summed E-state index contributed by atoms with van der Waals surface area (Å²) in [4.78, 5) is 12.8. The molecule has 1 N–H and O–H groups in total. The van der Waals surface area contributed by atoms with Crippen LogP contribution >= 0.6 is 11.8 Å². The molecule has 1 amide bonds. The molecule has 3 aromatic rings. The fraction of sp³-hybridized carbons (Fsp3) is 0.364. The molecule has 8 heteroatoms. The molecule has 2 heterocycles. The van der Waals surface area contributed by atoms with Gasteiger partial charge in [-0.3, -0.25) is 9.36 Å². The maximum absolute atomic E-state index is 12.8. The highest BCUT2D eigenvalue weighted by Crippen LogP contribution is 2.37. The molecule has 154 valence electrons. The van der Waals surface area contributed by atoms with E-state index < -0.39 is 0 Å². The molecule has 1 aromatic carbocycles. The number of aromatic nitrogens is 4. The molecule has 1 fully saturated rings. The Morgan fingerprint density at radius 3 is 2.70 bits per heavy atom. The van der Waals surface area contributed by atoms with E-state index in [1.165, 1.54) is 24.6 Å². The van der Waals surface area contributed by atoms with Crippen molar-refractivity contribution < 1.29 is 4.79 Å². The van der Waals surface area contributed by atoms with Crippen molar-refractivity contribution in [3.05, 3.63) is 53.5 Å². The first-order valence-corrected chi connectivity index (χ1v) is 11.1. The smallest absolute Gasteiger partial charge is 0.235 e. The van der Waals surface area contributed by atoms with Gasteiger partial charge in [-0.25, -0.2) is 0 Å². The summed E-state index contributed by atoms with van der Waals surface area (Å²) in [6, 6.07) is 12.4. The molecule has 2 aromatic heterocycles. The lowest BCUT2D eigenvalue weighted by Gasteiger charge is -2.19. The van der Waals surface area contributed by atoms with Crippen LogP contribution in [0.2, 0.25) is 0 Å². The molecule has 0 radical (unpaired) electrons. The fourth-order valence-corrected chi connectivity index (χ4v) is 4.82. The van der Waals surface area contributed by atoms with E-state index in [1.54, 1.807) is 6.33 Å². The van der Waals surface area contributed by atoms with Crippen LogP contribution < -0.4 is 5.32 Å². The topological polar surface area (TPSA) is 88.5 Å². The van der Waals surface area contributed by atoms with Crippen molar-refractivity contribution in [3.63, 3.8) is 0 Å². The highest BCUT2D eigenvalue weighted by atomic mass is 32.2. The molecule has 4 rings (SSSR count). The number of rotatable bonds is 6. The minimum Gasteiger partial charge on any atom is -0.327 e. The Hall–Kier alpha value is -3.05. The van der Waals surface area contributed by atoms with Crippen LogP contribution in [-0.4, -0.2) is 31.0 Å². The van der Waals surface area contributed by atoms with Crippen LogP contribution in [0.3, 0.4) is 0 Å². The number of thioether (sulfide) groups is 1. The Bertz CT molecular complexity index is 1090. The maximum Gasteiger partial charge on any atom is 0.235 e. The summed E-state index contributed by atoms with van der Waals surface area (Å²) in [5.41, 5.74) is 3.50. The second kappa shape index (κ2) is 8.76. The molecule has 1 aliphatic carbocycles. The van der Waals surface area contributed by atoms with Gasteiger partial charge in [0.15, 0.2) is 5.16 Å². The number of nitrogens with one attached hydrogen (secondary N) is 1. The Labute approximate surface area is 180 Å². The molecule has 0 atom stereocenters. The first-order chi connectivity index (χ1) is 14.6.